The van der Waals surface area contributed by atoms with E-state index in [-0.39, 0.29) is 23.8 Å². The molecule has 27 heavy (non-hydrogen) atoms. The third-order valence-corrected chi connectivity index (χ3v) is 5.06. The van der Waals surface area contributed by atoms with Gasteiger partial charge in [-0.2, -0.15) is 0 Å². The van der Waals surface area contributed by atoms with Crippen molar-refractivity contribution in [3.05, 3.63) is 29.6 Å². The van der Waals surface area contributed by atoms with Crippen LogP contribution in [0.1, 0.15) is 23.2 Å². The zero-order valence-electron chi connectivity index (χ0n) is 15.9. The third kappa shape index (κ3) is 4.68. The van der Waals surface area contributed by atoms with Crippen LogP contribution in [0, 0.1) is 5.82 Å². The molecule has 0 unspecified atom stereocenters. The molecule has 7 nitrogen and oxygen atoms in total. The number of morpholine rings is 1. The molecule has 1 aromatic rings. The van der Waals surface area contributed by atoms with Crippen LogP contribution in [-0.4, -0.2) is 81.3 Å². The average molecular weight is 378 g/mol. The summed E-state index contributed by atoms with van der Waals surface area (Å²) < 4.78 is 19.8. The molecule has 0 saturated carbocycles. The molecule has 0 bridgehead atoms. The van der Waals surface area contributed by atoms with Crippen LogP contribution >= 0.6 is 0 Å². The Hall–Kier alpha value is -2.35. The number of hydrogen-bond acceptors (Lipinski definition) is 4. The second-order valence-electron chi connectivity index (χ2n) is 7.18. The first-order valence-electron chi connectivity index (χ1n) is 9.35. The van der Waals surface area contributed by atoms with Gasteiger partial charge in [-0.3, -0.25) is 4.79 Å². The lowest BCUT2D eigenvalue weighted by Crippen LogP contribution is -2.48. The summed E-state index contributed by atoms with van der Waals surface area (Å²) in [4.78, 5) is 29.6. The van der Waals surface area contributed by atoms with Crippen molar-refractivity contribution < 1.29 is 18.7 Å². The summed E-state index contributed by atoms with van der Waals surface area (Å²) in [6.45, 7) is 3.56. The number of benzene rings is 1. The molecule has 2 saturated heterocycles. The van der Waals surface area contributed by atoms with Crippen molar-refractivity contribution in [1.29, 1.82) is 0 Å². The van der Waals surface area contributed by atoms with Gasteiger partial charge in [-0.05, 0) is 31.0 Å². The molecule has 2 heterocycles. The molecule has 1 aromatic carbocycles. The number of likely N-dealkylation sites (tertiary alicyclic amines) is 1. The average Bonchev–Trinajstić information content (AvgIpc) is 2.68. The first-order chi connectivity index (χ1) is 13.0. The largest absolute Gasteiger partial charge is 0.378 e. The van der Waals surface area contributed by atoms with E-state index in [4.69, 9.17) is 4.74 Å². The number of hydrogen-bond donors (Lipinski definition) is 1. The molecule has 0 aliphatic carbocycles. The van der Waals surface area contributed by atoms with Crippen LogP contribution in [0.5, 0.6) is 0 Å². The highest BCUT2D eigenvalue weighted by molar-refractivity contribution is 5.94. The lowest BCUT2D eigenvalue weighted by Gasteiger charge is -2.33. The molecule has 2 aliphatic heterocycles. The lowest BCUT2D eigenvalue weighted by atomic mass is 10.0. The van der Waals surface area contributed by atoms with Crippen LogP contribution < -0.4 is 10.2 Å². The van der Waals surface area contributed by atoms with Gasteiger partial charge in [0.2, 0.25) is 0 Å². The Morgan fingerprint density at radius 3 is 2.41 bits per heavy atom. The van der Waals surface area contributed by atoms with Crippen LogP contribution in [0.2, 0.25) is 0 Å². The Bertz CT molecular complexity index is 684. The number of urea groups is 1. The van der Waals surface area contributed by atoms with Gasteiger partial charge in [0, 0.05) is 51.9 Å². The predicted molar refractivity (Wildman–Crippen MR) is 101 cm³/mol. The van der Waals surface area contributed by atoms with Gasteiger partial charge < -0.3 is 24.8 Å². The van der Waals surface area contributed by atoms with Crippen molar-refractivity contribution in [2.75, 3.05) is 58.4 Å². The zero-order chi connectivity index (χ0) is 19.4. The highest BCUT2D eigenvalue weighted by Gasteiger charge is 2.26. The first kappa shape index (κ1) is 19.4. The zero-order valence-corrected chi connectivity index (χ0v) is 15.9. The van der Waals surface area contributed by atoms with Gasteiger partial charge in [-0.1, -0.05) is 0 Å². The number of piperidine rings is 1. The van der Waals surface area contributed by atoms with Crippen LogP contribution in [0.15, 0.2) is 18.2 Å². The molecule has 0 spiro atoms. The fourth-order valence-electron chi connectivity index (χ4n) is 3.41. The molecule has 3 amide bonds. The number of anilines is 1. The molecular weight excluding hydrogens is 351 g/mol. The van der Waals surface area contributed by atoms with Crippen LogP contribution in [0.25, 0.3) is 0 Å². The molecule has 0 atom stereocenters. The van der Waals surface area contributed by atoms with Crippen LogP contribution in [-0.2, 0) is 4.74 Å². The van der Waals surface area contributed by atoms with E-state index in [1.807, 2.05) is 4.90 Å². The molecule has 0 aromatic heterocycles. The topological polar surface area (TPSA) is 65.1 Å². The van der Waals surface area contributed by atoms with Gasteiger partial charge >= 0.3 is 6.03 Å². The van der Waals surface area contributed by atoms with Gasteiger partial charge in [-0.15, -0.1) is 0 Å². The van der Waals surface area contributed by atoms with Crippen molar-refractivity contribution >= 4 is 17.6 Å². The van der Waals surface area contributed by atoms with E-state index < -0.39 is 0 Å². The van der Waals surface area contributed by atoms with Crippen LogP contribution in [0.4, 0.5) is 14.9 Å². The number of amides is 3. The Kier molecular flexibility index (Phi) is 6.15. The summed E-state index contributed by atoms with van der Waals surface area (Å²) in [5.41, 5.74) is 0.875. The second-order valence-corrected chi connectivity index (χ2v) is 7.18. The van der Waals surface area contributed by atoms with Gasteiger partial charge in [0.15, 0.2) is 0 Å². The van der Waals surface area contributed by atoms with Crippen LogP contribution in [0.3, 0.4) is 0 Å². The molecule has 2 aliphatic rings. The minimum absolute atomic E-state index is 0.0596. The van der Waals surface area contributed by atoms with E-state index in [1.165, 1.54) is 11.0 Å². The number of halogens is 1. The summed E-state index contributed by atoms with van der Waals surface area (Å²) in [7, 11) is 3.40. The Morgan fingerprint density at radius 1 is 1.15 bits per heavy atom. The molecule has 3 rings (SSSR count). The minimum atomic E-state index is -0.379. The normalized spacial score (nSPS) is 18.3. The highest BCUT2D eigenvalue weighted by Crippen LogP contribution is 2.23. The van der Waals surface area contributed by atoms with E-state index >= 15 is 0 Å². The van der Waals surface area contributed by atoms with E-state index in [9.17, 15) is 14.0 Å². The summed E-state index contributed by atoms with van der Waals surface area (Å²) in [6.07, 6.45) is 1.39. The van der Waals surface area contributed by atoms with Crippen molar-refractivity contribution in [1.82, 2.24) is 15.1 Å². The summed E-state index contributed by atoms with van der Waals surface area (Å²) in [6, 6.07) is 4.63. The van der Waals surface area contributed by atoms with Crippen molar-refractivity contribution in [3.8, 4) is 0 Å². The van der Waals surface area contributed by atoms with E-state index in [2.05, 4.69) is 5.32 Å². The first-order valence-corrected chi connectivity index (χ1v) is 9.35. The summed E-state index contributed by atoms with van der Waals surface area (Å²) >= 11 is 0. The van der Waals surface area contributed by atoms with Gasteiger partial charge in [0.1, 0.15) is 5.82 Å². The third-order valence-electron chi connectivity index (χ3n) is 5.06. The Morgan fingerprint density at radius 2 is 1.81 bits per heavy atom. The standard InChI is InChI=1S/C19H27FN4O3/c1-22(2)19(26)21-15-5-7-24(8-6-15)18(25)14-3-4-17(16(20)13-14)23-9-11-27-12-10-23/h3-4,13,15H,5-12H2,1-2H3,(H,21,26). The molecule has 0 radical (unpaired) electrons. The molecular formula is C19H27FN4O3. The second kappa shape index (κ2) is 8.56. The number of nitrogens with zero attached hydrogens (tertiary/aromatic N) is 3. The molecule has 1 N–H and O–H groups in total. The van der Waals surface area contributed by atoms with Crippen molar-refractivity contribution in [2.24, 2.45) is 0 Å². The van der Waals surface area contributed by atoms with E-state index in [0.29, 0.717) is 63.5 Å². The number of rotatable bonds is 3. The maximum atomic E-state index is 14.5. The maximum absolute atomic E-state index is 14.5. The highest BCUT2D eigenvalue weighted by atomic mass is 19.1. The van der Waals surface area contributed by atoms with Gasteiger partial charge in [-0.25, -0.2) is 9.18 Å². The number of ether oxygens (including phenoxy) is 1. The summed E-state index contributed by atoms with van der Waals surface area (Å²) in [5.74, 6) is -0.546. The van der Waals surface area contributed by atoms with Crippen molar-refractivity contribution in [3.63, 3.8) is 0 Å². The van der Waals surface area contributed by atoms with E-state index in [0.717, 1.165) is 0 Å². The number of nitrogens with one attached hydrogen (secondary N) is 1. The smallest absolute Gasteiger partial charge is 0.317 e. The quantitative estimate of drug-likeness (QED) is 0.867. The molecule has 8 heteroatoms. The van der Waals surface area contributed by atoms with E-state index in [1.54, 1.807) is 31.1 Å². The Balaban J connectivity index is 1.58. The summed E-state index contributed by atoms with van der Waals surface area (Å²) in [5, 5.41) is 2.94. The maximum Gasteiger partial charge on any atom is 0.317 e. The fraction of sp³-hybridized carbons (Fsp3) is 0.579. The number of carbonyl (C=O) groups is 2. The molecule has 2 fully saturated rings. The van der Waals surface area contributed by atoms with Gasteiger partial charge in [0.05, 0.1) is 18.9 Å². The fourth-order valence-corrected chi connectivity index (χ4v) is 3.41. The monoisotopic (exact) mass is 378 g/mol. The predicted octanol–water partition coefficient (Wildman–Crippen LogP) is 1.54. The van der Waals surface area contributed by atoms with Crippen molar-refractivity contribution in [2.45, 2.75) is 18.9 Å². The molecule has 148 valence electrons. The minimum Gasteiger partial charge on any atom is -0.378 e. The Labute approximate surface area is 159 Å². The SMILES string of the molecule is CN(C)C(=O)NC1CCN(C(=O)c2ccc(N3CCOCC3)c(F)c2)CC1. The lowest BCUT2D eigenvalue weighted by molar-refractivity contribution is 0.0706. The van der Waals surface area contributed by atoms with Gasteiger partial charge in [0.25, 0.3) is 5.91 Å². The number of carbonyl (C=O) groups excluding carboxylic acids is 2.